The number of nitrogens with one attached hydrogen (secondary N) is 1. The van der Waals surface area contributed by atoms with Gasteiger partial charge in [0, 0.05) is 49.1 Å². The van der Waals surface area contributed by atoms with Gasteiger partial charge in [-0.1, -0.05) is 31.2 Å². The minimum absolute atomic E-state index is 0.0557. The molecule has 2 aromatic carbocycles. The summed E-state index contributed by atoms with van der Waals surface area (Å²) in [4.78, 5) is 19.7. The third kappa shape index (κ3) is 3.77. The summed E-state index contributed by atoms with van der Waals surface area (Å²) in [6, 6.07) is 9.80. The van der Waals surface area contributed by atoms with Crippen molar-refractivity contribution in [2.24, 2.45) is 5.92 Å². The molecule has 238 valence electrons. The van der Waals surface area contributed by atoms with Crippen molar-refractivity contribution in [2.45, 2.75) is 87.6 Å². The molecule has 2 aromatic heterocycles. The van der Waals surface area contributed by atoms with Crippen LogP contribution in [0.5, 0.6) is 6.01 Å². The van der Waals surface area contributed by atoms with Gasteiger partial charge in [0.05, 0.1) is 16.6 Å². The van der Waals surface area contributed by atoms with Crippen LogP contribution in [0.3, 0.4) is 0 Å². The van der Waals surface area contributed by atoms with E-state index in [0.717, 1.165) is 55.2 Å². The number of benzene rings is 2. The first-order chi connectivity index (χ1) is 22.4. The molecule has 0 unspecified atom stereocenters. The number of aryl methyl sites for hydroxylation is 1. The third-order valence-electron chi connectivity index (χ3n) is 12.3. The van der Waals surface area contributed by atoms with Gasteiger partial charge in [0.25, 0.3) is 0 Å². The Kier molecular flexibility index (Phi) is 5.86. The Balaban J connectivity index is 1.22. The number of alkyl halides is 1. The van der Waals surface area contributed by atoms with Crippen molar-refractivity contribution in [3.8, 4) is 17.3 Å². The minimum atomic E-state index is -0.875. The summed E-state index contributed by atoms with van der Waals surface area (Å²) in [5.41, 5.74) is 2.03. The van der Waals surface area contributed by atoms with Crippen molar-refractivity contribution < 1.29 is 17.9 Å². The van der Waals surface area contributed by atoms with Crippen LogP contribution in [0.4, 0.5) is 19.0 Å². The number of rotatable bonds is 3. The van der Waals surface area contributed by atoms with Gasteiger partial charge < -0.3 is 15.0 Å². The zero-order valence-electron chi connectivity index (χ0n) is 25.9. The number of piperazine rings is 1. The van der Waals surface area contributed by atoms with Crippen LogP contribution >= 0.6 is 0 Å². The number of fused-ring (bicyclic) bond motifs is 8. The maximum absolute atomic E-state index is 17.2. The normalized spacial score (nSPS) is 32.7. The molecule has 0 saturated carbocycles. The molecule has 6 aliphatic heterocycles. The molecule has 7 atom stereocenters. The fourth-order valence-electron chi connectivity index (χ4n) is 10.3. The van der Waals surface area contributed by atoms with E-state index in [1.165, 1.54) is 6.07 Å². The maximum Gasteiger partial charge on any atom is 0.319 e. The smallest absolute Gasteiger partial charge is 0.319 e. The summed E-state index contributed by atoms with van der Waals surface area (Å²) in [5, 5.41) is 6.09. The van der Waals surface area contributed by atoms with E-state index in [-0.39, 0.29) is 59.1 Å². The number of ether oxygens (including phenoxy) is 1. The quantitative estimate of drug-likeness (QED) is 0.296. The molecule has 10 rings (SSSR count). The number of pyridine rings is 1. The fraction of sp³-hybridized carbons (Fsp3) is 0.528. The largest absolute Gasteiger partial charge is 0.461 e. The standard InChI is InChI=1S/C36H37F3N6O/c1-18-22-8-9-23-25(38)10-6-19-4-2-5-24(27(19)23)31-29(39)32-28(30(22)41-31)34(45-16-21-7-11-26(40-21)33(18)45)43-35(42-32)46-17-36-12-3-13-44(36)15-20(37)14-36/h2,4-6,10,18,20-22,26,33,40H,3,7-9,11-17H2,1H3/t18-,20+,21+,22+,26-,33-,36-/m0/s1. The zero-order chi connectivity index (χ0) is 30.9. The van der Waals surface area contributed by atoms with Gasteiger partial charge in [0.2, 0.25) is 0 Å². The Bertz CT molecular complexity index is 1940. The Morgan fingerprint density at radius 1 is 1.04 bits per heavy atom. The molecule has 6 aliphatic rings. The van der Waals surface area contributed by atoms with Crippen LogP contribution in [0.1, 0.15) is 62.6 Å². The van der Waals surface area contributed by atoms with Gasteiger partial charge in [0.15, 0.2) is 5.82 Å². The third-order valence-corrected chi connectivity index (χ3v) is 12.3. The van der Waals surface area contributed by atoms with Gasteiger partial charge in [-0.3, -0.25) is 4.90 Å². The van der Waals surface area contributed by atoms with E-state index in [1.54, 1.807) is 6.07 Å². The van der Waals surface area contributed by atoms with Crippen LogP contribution in [-0.4, -0.2) is 75.9 Å². The van der Waals surface area contributed by atoms with Crippen LogP contribution in [0.2, 0.25) is 0 Å². The van der Waals surface area contributed by atoms with E-state index in [9.17, 15) is 4.39 Å². The Hall–Kier alpha value is -3.50. The fourth-order valence-corrected chi connectivity index (χ4v) is 10.3. The van der Waals surface area contributed by atoms with Gasteiger partial charge in [-0.2, -0.15) is 9.97 Å². The predicted octanol–water partition coefficient (Wildman–Crippen LogP) is 6.07. The van der Waals surface area contributed by atoms with E-state index < -0.39 is 12.0 Å². The second-order valence-corrected chi connectivity index (χ2v) is 14.7. The summed E-state index contributed by atoms with van der Waals surface area (Å²) in [5.74, 6) is -0.0365. The van der Waals surface area contributed by atoms with E-state index in [2.05, 4.69) is 22.0 Å². The summed E-state index contributed by atoms with van der Waals surface area (Å²) in [7, 11) is 0. The van der Waals surface area contributed by atoms with E-state index in [1.807, 2.05) is 18.2 Å². The van der Waals surface area contributed by atoms with Crippen LogP contribution < -0.4 is 15.0 Å². The SMILES string of the molecule is C[C@@H]1[C@H]2[C@@H]3CC[C@H](CN2c2nc(OC[C@@]45CCCN4C[C@H](F)C5)nc4c(F)c5nc(c24)[C@@H]1CCc1c(F)ccc2cccc-5c12)N3. The number of hydrogen-bond acceptors (Lipinski definition) is 7. The highest BCUT2D eigenvalue weighted by atomic mass is 19.1. The van der Waals surface area contributed by atoms with Gasteiger partial charge in [-0.05, 0) is 73.4 Å². The molecule has 4 fully saturated rings. The molecule has 0 amide bonds. The van der Waals surface area contributed by atoms with Crippen molar-refractivity contribution in [3.05, 3.63) is 53.2 Å². The van der Waals surface area contributed by atoms with E-state index >= 15 is 8.78 Å². The first kappa shape index (κ1) is 27.6. The van der Waals surface area contributed by atoms with Crippen molar-refractivity contribution in [2.75, 3.05) is 31.1 Å². The Labute approximate surface area is 265 Å². The number of anilines is 1. The van der Waals surface area contributed by atoms with Crippen LogP contribution in [-0.2, 0) is 6.42 Å². The highest BCUT2D eigenvalue weighted by Crippen LogP contribution is 2.50. The molecular formula is C36H37F3N6O. The first-order valence-corrected chi connectivity index (χ1v) is 17.0. The molecule has 0 radical (unpaired) electrons. The van der Waals surface area contributed by atoms with Crippen molar-refractivity contribution in [3.63, 3.8) is 0 Å². The molecule has 4 bridgehead atoms. The van der Waals surface area contributed by atoms with Gasteiger partial charge in [-0.25, -0.2) is 18.2 Å². The predicted molar refractivity (Wildman–Crippen MR) is 170 cm³/mol. The summed E-state index contributed by atoms with van der Waals surface area (Å²) in [6.07, 6.45) is 4.77. The summed E-state index contributed by atoms with van der Waals surface area (Å²) in [6.45, 7) is 4.59. The van der Waals surface area contributed by atoms with Gasteiger partial charge in [0.1, 0.15) is 35.6 Å². The lowest BCUT2D eigenvalue weighted by molar-refractivity contribution is 0.107. The molecular weight excluding hydrogens is 589 g/mol. The number of hydrogen-bond donors (Lipinski definition) is 1. The number of nitrogens with zero attached hydrogens (tertiary/aromatic N) is 5. The maximum atomic E-state index is 17.2. The molecule has 1 N–H and O–H groups in total. The lowest BCUT2D eigenvalue weighted by atomic mass is 9.78. The van der Waals surface area contributed by atoms with E-state index in [4.69, 9.17) is 19.7 Å². The average Bonchev–Trinajstić information content (AvgIpc) is 3.71. The second-order valence-electron chi connectivity index (χ2n) is 14.7. The average molecular weight is 627 g/mol. The first-order valence-electron chi connectivity index (χ1n) is 17.0. The van der Waals surface area contributed by atoms with Crippen molar-refractivity contribution in [1.29, 1.82) is 0 Å². The van der Waals surface area contributed by atoms with Crippen LogP contribution in [0, 0.1) is 17.6 Å². The summed E-state index contributed by atoms with van der Waals surface area (Å²) < 4.78 is 53.8. The van der Waals surface area contributed by atoms with Gasteiger partial charge in [-0.15, -0.1) is 0 Å². The second kappa shape index (κ2) is 9.76. The molecule has 0 spiro atoms. The molecule has 8 heterocycles. The highest BCUT2D eigenvalue weighted by Gasteiger charge is 2.51. The molecule has 46 heavy (non-hydrogen) atoms. The van der Waals surface area contributed by atoms with Gasteiger partial charge >= 0.3 is 6.01 Å². The van der Waals surface area contributed by atoms with E-state index in [0.29, 0.717) is 54.2 Å². The molecule has 10 heteroatoms. The lowest BCUT2D eigenvalue weighted by Crippen LogP contribution is -2.60. The molecule has 0 aliphatic carbocycles. The number of halogens is 3. The highest BCUT2D eigenvalue weighted by molar-refractivity contribution is 6.02. The molecule has 7 nitrogen and oxygen atoms in total. The number of aromatic nitrogens is 3. The minimum Gasteiger partial charge on any atom is -0.461 e. The van der Waals surface area contributed by atoms with Crippen molar-refractivity contribution in [1.82, 2.24) is 25.2 Å². The molecule has 4 aromatic rings. The van der Waals surface area contributed by atoms with Crippen LogP contribution in [0.15, 0.2) is 30.3 Å². The van der Waals surface area contributed by atoms with Crippen LogP contribution in [0.25, 0.3) is 32.9 Å². The Morgan fingerprint density at radius 2 is 1.96 bits per heavy atom. The Morgan fingerprint density at radius 3 is 2.87 bits per heavy atom. The summed E-state index contributed by atoms with van der Waals surface area (Å²) >= 11 is 0. The zero-order valence-corrected chi connectivity index (χ0v) is 25.9. The monoisotopic (exact) mass is 626 g/mol. The topological polar surface area (TPSA) is 66.4 Å². The lowest BCUT2D eigenvalue weighted by Gasteiger charge is -2.45. The van der Waals surface area contributed by atoms with Crippen molar-refractivity contribution >= 4 is 27.5 Å². The molecule has 4 saturated heterocycles.